The van der Waals surface area contributed by atoms with E-state index in [0.717, 1.165) is 12.5 Å². The third-order valence-corrected chi connectivity index (χ3v) is 3.29. The fourth-order valence-corrected chi connectivity index (χ4v) is 2.22. The Bertz CT molecular complexity index is 316. The van der Waals surface area contributed by atoms with Gasteiger partial charge in [0.25, 0.3) is 0 Å². The molecule has 0 aliphatic carbocycles. The summed E-state index contributed by atoms with van der Waals surface area (Å²) in [6, 6.07) is 9.67. The van der Waals surface area contributed by atoms with Crippen molar-refractivity contribution in [2.75, 3.05) is 13.1 Å². The molecule has 1 fully saturated rings. The maximum absolute atomic E-state index is 3.20. The van der Waals surface area contributed by atoms with Crippen LogP contribution in [0.15, 0.2) is 18.2 Å². The summed E-state index contributed by atoms with van der Waals surface area (Å²) in [5.41, 5.74) is 2.68. The van der Waals surface area contributed by atoms with Crippen molar-refractivity contribution < 1.29 is 18.9 Å². The molecule has 1 aliphatic rings. The molecule has 82 valence electrons. The second-order valence-corrected chi connectivity index (χ2v) is 4.84. The van der Waals surface area contributed by atoms with E-state index in [0.29, 0.717) is 0 Å². The molecule has 1 saturated heterocycles. The van der Waals surface area contributed by atoms with Crippen LogP contribution in [0, 0.1) is 18.9 Å². The van der Waals surface area contributed by atoms with E-state index in [1.165, 1.54) is 37.1 Å². The molecule has 0 amide bonds. The standard InChI is InChI=1S/C14H20N.Li/c1-12-6-8-15(9-7-12)11-14-5-3-4-13(2)10-14;/h3,5,10,12H,6-9,11H2,1-2H3;/q-1;+1. The fourth-order valence-electron chi connectivity index (χ4n) is 2.22. The van der Waals surface area contributed by atoms with Gasteiger partial charge in [-0.15, -0.1) is 5.56 Å². The molecular formula is C14H20LiN. The second-order valence-electron chi connectivity index (χ2n) is 4.84. The van der Waals surface area contributed by atoms with Crippen LogP contribution >= 0.6 is 0 Å². The van der Waals surface area contributed by atoms with Gasteiger partial charge < -0.3 is 4.90 Å². The minimum atomic E-state index is 0. The molecule has 2 rings (SSSR count). The van der Waals surface area contributed by atoms with Crippen LogP contribution in [-0.4, -0.2) is 18.0 Å². The van der Waals surface area contributed by atoms with Gasteiger partial charge in [0, 0.05) is 6.54 Å². The van der Waals surface area contributed by atoms with Gasteiger partial charge in [-0.2, -0.15) is 29.8 Å². The van der Waals surface area contributed by atoms with E-state index in [4.69, 9.17) is 0 Å². The number of likely N-dealkylation sites (tertiary alicyclic amines) is 1. The second kappa shape index (κ2) is 6.50. The molecule has 2 heteroatoms. The molecule has 16 heavy (non-hydrogen) atoms. The topological polar surface area (TPSA) is 3.24 Å². The quantitative estimate of drug-likeness (QED) is 0.491. The Kier molecular flexibility index (Phi) is 5.62. The first-order chi connectivity index (χ1) is 7.24. The van der Waals surface area contributed by atoms with Crippen LogP contribution < -0.4 is 18.9 Å². The molecule has 0 aromatic heterocycles. The van der Waals surface area contributed by atoms with Crippen molar-refractivity contribution >= 4 is 0 Å². The predicted molar refractivity (Wildman–Crippen MR) is 63.7 cm³/mol. The van der Waals surface area contributed by atoms with E-state index in [1.807, 2.05) is 6.07 Å². The Morgan fingerprint density at radius 1 is 1.38 bits per heavy atom. The maximum atomic E-state index is 3.20. The molecule has 1 aromatic rings. The largest absolute Gasteiger partial charge is 1.00 e. The predicted octanol–water partition coefficient (Wildman–Crippen LogP) is 0.0311. The van der Waals surface area contributed by atoms with Gasteiger partial charge in [0.2, 0.25) is 0 Å². The van der Waals surface area contributed by atoms with Crippen molar-refractivity contribution in [3.8, 4) is 0 Å². The van der Waals surface area contributed by atoms with Gasteiger partial charge in [0.05, 0.1) is 0 Å². The summed E-state index contributed by atoms with van der Waals surface area (Å²) in [4.78, 5) is 2.56. The Hall–Kier alpha value is -0.223. The van der Waals surface area contributed by atoms with Crippen molar-refractivity contribution in [2.45, 2.75) is 33.2 Å². The number of nitrogens with zero attached hydrogens (tertiary/aromatic N) is 1. The smallest absolute Gasteiger partial charge is 0.301 e. The Morgan fingerprint density at radius 3 is 2.69 bits per heavy atom. The van der Waals surface area contributed by atoms with E-state index in [-0.39, 0.29) is 18.9 Å². The van der Waals surface area contributed by atoms with Crippen LogP contribution in [-0.2, 0) is 6.54 Å². The van der Waals surface area contributed by atoms with Crippen molar-refractivity contribution in [1.82, 2.24) is 4.90 Å². The molecule has 0 spiro atoms. The summed E-state index contributed by atoms with van der Waals surface area (Å²) in [5, 5.41) is 0. The fraction of sp³-hybridized carbons (Fsp3) is 0.571. The van der Waals surface area contributed by atoms with Crippen LogP contribution in [0.4, 0.5) is 0 Å². The minimum absolute atomic E-state index is 0. The molecule has 0 saturated carbocycles. The number of hydrogen-bond donors (Lipinski definition) is 0. The van der Waals surface area contributed by atoms with Gasteiger partial charge in [-0.3, -0.25) is 0 Å². The normalized spacial score (nSPS) is 18.1. The first-order valence-corrected chi connectivity index (χ1v) is 5.93. The average molecular weight is 209 g/mol. The number of benzene rings is 1. The number of piperidine rings is 1. The molecule has 1 heterocycles. The number of aryl methyl sites for hydroxylation is 1. The molecule has 0 radical (unpaired) electrons. The van der Waals surface area contributed by atoms with Gasteiger partial charge in [-0.05, 0) is 31.8 Å². The minimum Gasteiger partial charge on any atom is -0.301 e. The number of rotatable bonds is 2. The van der Waals surface area contributed by atoms with Gasteiger partial charge in [-0.25, -0.2) is 0 Å². The van der Waals surface area contributed by atoms with Gasteiger partial charge in [0.15, 0.2) is 0 Å². The summed E-state index contributed by atoms with van der Waals surface area (Å²) >= 11 is 0. The molecule has 0 bridgehead atoms. The van der Waals surface area contributed by atoms with E-state index in [1.54, 1.807) is 0 Å². The van der Waals surface area contributed by atoms with Crippen LogP contribution in [0.2, 0.25) is 0 Å². The monoisotopic (exact) mass is 209 g/mol. The van der Waals surface area contributed by atoms with E-state index in [2.05, 4.69) is 36.9 Å². The number of hydrogen-bond acceptors (Lipinski definition) is 1. The Morgan fingerprint density at radius 2 is 2.06 bits per heavy atom. The van der Waals surface area contributed by atoms with Crippen molar-refractivity contribution in [2.24, 2.45) is 5.92 Å². The van der Waals surface area contributed by atoms with Gasteiger partial charge in [-0.1, -0.05) is 13.8 Å². The van der Waals surface area contributed by atoms with Gasteiger partial charge in [0.1, 0.15) is 0 Å². The van der Waals surface area contributed by atoms with Crippen LogP contribution in [0.25, 0.3) is 0 Å². The van der Waals surface area contributed by atoms with Crippen LogP contribution in [0.1, 0.15) is 30.9 Å². The summed E-state index contributed by atoms with van der Waals surface area (Å²) in [7, 11) is 0. The van der Waals surface area contributed by atoms with Crippen molar-refractivity contribution in [1.29, 1.82) is 0 Å². The maximum Gasteiger partial charge on any atom is 1.00 e. The van der Waals surface area contributed by atoms with Crippen LogP contribution in [0.5, 0.6) is 0 Å². The molecular weight excluding hydrogens is 189 g/mol. The zero-order valence-corrected chi connectivity index (χ0v) is 10.8. The summed E-state index contributed by atoms with van der Waals surface area (Å²) in [6.07, 6.45) is 2.72. The zero-order valence-electron chi connectivity index (χ0n) is 10.8. The first-order valence-electron chi connectivity index (χ1n) is 5.93. The van der Waals surface area contributed by atoms with E-state index in [9.17, 15) is 0 Å². The molecule has 1 aliphatic heterocycles. The molecule has 1 nitrogen and oxygen atoms in total. The summed E-state index contributed by atoms with van der Waals surface area (Å²) < 4.78 is 0. The Balaban J connectivity index is 0.00000128. The van der Waals surface area contributed by atoms with Gasteiger partial charge >= 0.3 is 18.9 Å². The molecule has 0 N–H and O–H groups in total. The summed E-state index contributed by atoms with van der Waals surface area (Å²) in [5.74, 6) is 0.923. The third-order valence-electron chi connectivity index (χ3n) is 3.29. The molecule has 0 unspecified atom stereocenters. The SMILES string of the molecule is Cc1[c-]ccc(CN2CCC(C)CC2)c1.[Li+]. The average Bonchev–Trinajstić information content (AvgIpc) is 2.22. The molecule has 1 aromatic carbocycles. The zero-order chi connectivity index (χ0) is 10.7. The Labute approximate surface area is 111 Å². The third kappa shape index (κ3) is 3.98. The van der Waals surface area contributed by atoms with E-state index < -0.39 is 0 Å². The van der Waals surface area contributed by atoms with E-state index >= 15 is 0 Å². The molecule has 0 atom stereocenters. The first kappa shape index (κ1) is 13.8. The van der Waals surface area contributed by atoms with Crippen molar-refractivity contribution in [3.05, 3.63) is 35.4 Å². The van der Waals surface area contributed by atoms with Crippen LogP contribution in [0.3, 0.4) is 0 Å². The van der Waals surface area contributed by atoms with Crippen molar-refractivity contribution in [3.63, 3.8) is 0 Å². The summed E-state index contributed by atoms with van der Waals surface area (Å²) in [6.45, 7) is 8.11.